The highest BCUT2D eigenvalue weighted by atomic mass is 19.2. The summed E-state index contributed by atoms with van der Waals surface area (Å²) in [6.45, 7) is 0.769. The van der Waals surface area contributed by atoms with Crippen molar-refractivity contribution in [3.8, 4) is 22.8 Å². The molecule has 0 aliphatic heterocycles. The molecule has 3 aromatic carbocycles. The number of rotatable bonds is 7. The molecule has 0 aliphatic rings. The molecule has 0 fully saturated rings. The molecule has 0 amide bonds. The molecule has 0 N–H and O–H groups in total. The Morgan fingerprint density at radius 2 is 1.46 bits per heavy atom. The van der Waals surface area contributed by atoms with E-state index in [2.05, 4.69) is 0 Å². The molecule has 4 rings (SSSR count). The van der Waals surface area contributed by atoms with Gasteiger partial charge in [-0.15, -0.1) is 0 Å². The van der Waals surface area contributed by atoms with Gasteiger partial charge in [-0.1, -0.05) is 0 Å². The van der Waals surface area contributed by atoms with Crippen LogP contribution in [0.25, 0.3) is 22.3 Å². The van der Waals surface area contributed by atoms with Crippen LogP contribution in [0.5, 0.6) is 11.5 Å². The number of carbonyl (C=O) groups is 1. The van der Waals surface area contributed by atoms with E-state index in [1.165, 1.54) is 25.3 Å². The van der Waals surface area contributed by atoms with Crippen LogP contribution >= 0.6 is 0 Å². The van der Waals surface area contributed by atoms with Crippen LogP contribution in [0.2, 0.25) is 0 Å². The summed E-state index contributed by atoms with van der Waals surface area (Å²) in [4.78, 5) is 12.8. The van der Waals surface area contributed by atoms with E-state index >= 15 is 0 Å². The molecule has 10 heteroatoms. The van der Waals surface area contributed by atoms with Gasteiger partial charge in [0.15, 0.2) is 23.3 Å². The smallest absolute Gasteiger partial charge is 0.342 e. The minimum Gasteiger partial charge on any atom is -0.497 e. The van der Waals surface area contributed by atoms with Crippen molar-refractivity contribution >= 4 is 16.9 Å². The Bertz CT molecular complexity index is 1380. The first-order chi connectivity index (χ1) is 16.8. The fourth-order valence-corrected chi connectivity index (χ4v) is 3.45. The molecule has 1 aromatic heterocycles. The quantitative estimate of drug-likeness (QED) is 0.127. The number of ether oxygens (including phenoxy) is 3. The maximum absolute atomic E-state index is 14.0. The second-order valence-corrected chi connectivity index (χ2v) is 7.25. The summed E-state index contributed by atoms with van der Waals surface area (Å²) >= 11 is 0. The highest BCUT2D eigenvalue weighted by Gasteiger charge is 2.27. The van der Waals surface area contributed by atoms with Gasteiger partial charge in [-0.25, -0.2) is 26.7 Å². The second-order valence-electron chi connectivity index (χ2n) is 7.25. The number of esters is 1. The SMILES string of the molecule is CCOC(=O)c1c(-c2ccc(OC)cc2)oc2ccc(OCc3c(F)c(F)c(F)c(F)c3F)cc12. The third-order valence-electron chi connectivity index (χ3n) is 5.18. The van der Waals surface area contributed by atoms with Crippen molar-refractivity contribution in [2.45, 2.75) is 13.5 Å². The van der Waals surface area contributed by atoms with Crippen LogP contribution in [0.3, 0.4) is 0 Å². The number of hydrogen-bond donors (Lipinski definition) is 0. The number of halogens is 5. The van der Waals surface area contributed by atoms with Gasteiger partial charge in [0, 0.05) is 10.9 Å². The molecule has 0 bridgehead atoms. The molecular formula is C25H17F5O5. The number of fused-ring (bicyclic) bond motifs is 1. The van der Waals surface area contributed by atoms with Gasteiger partial charge in [0.05, 0.1) is 19.3 Å². The Hall–Kier alpha value is -4.08. The molecule has 4 aromatic rings. The van der Waals surface area contributed by atoms with E-state index in [9.17, 15) is 26.7 Å². The van der Waals surface area contributed by atoms with E-state index in [1.54, 1.807) is 31.2 Å². The second kappa shape index (κ2) is 9.65. The lowest BCUT2D eigenvalue weighted by Crippen LogP contribution is -2.10. The average molecular weight is 492 g/mol. The highest BCUT2D eigenvalue weighted by Crippen LogP contribution is 2.37. The summed E-state index contributed by atoms with van der Waals surface area (Å²) in [5.74, 6) is -10.3. The van der Waals surface area contributed by atoms with Crippen molar-refractivity contribution < 1.29 is 45.4 Å². The van der Waals surface area contributed by atoms with Gasteiger partial charge in [-0.05, 0) is 49.4 Å². The van der Waals surface area contributed by atoms with Crippen LogP contribution in [-0.4, -0.2) is 19.7 Å². The van der Waals surface area contributed by atoms with Gasteiger partial charge < -0.3 is 18.6 Å². The summed E-state index contributed by atoms with van der Waals surface area (Å²) in [5, 5.41) is 0.268. The van der Waals surface area contributed by atoms with Crippen molar-refractivity contribution in [2.75, 3.05) is 13.7 Å². The molecular weight excluding hydrogens is 475 g/mol. The molecule has 0 aliphatic carbocycles. The third-order valence-corrected chi connectivity index (χ3v) is 5.18. The molecule has 0 atom stereocenters. The van der Waals surface area contributed by atoms with Crippen LogP contribution < -0.4 is 9.47 Å². The van der Waals surface area contributed by atoms with Gasteiger partial charge in [0.2, 0.25) is 5.82 Å². The van der Waals surface area contributed by atoms with E-state index in [1.807, 2.05) is 0 Å². The van der Waals surface area contributed by atoms with E-state index < -0.39 is 47.2 Å². The maximum Gasteiger partial charge on any atom is 0.342 e. The van der Waals surface area contributed by atoms with Crippen LogP contribution in [0.15, 0.2) is 46.9 Å². The Morgan fingerprint density at radius 3 is 2.06 bits per heavy atom. The maximum atomic E-state index is 14.0. The normalized spacial score (nSPS) is 11.1. The van der Waals surface area contributed by atoms with Crippen molar-refractivity contribution in [1.29, 1.82) is 0 Å². The first-order valence-electron chi connectivity index (χ1n) is 10.3. The molecule has 0 spiro atoms. The average Bonchev–Trinajstić information content (AvgIpc) is 3.25. The molecule has 35 heavy (non-hydrogen) atoms. The largest absolute Gasteiger partial charge is 0.497 e. The van der Waals surface area contributed by atoms with Crippen LogP contribution in [0.1, 0.15) is 22.8 Å². The summed E-state index contributed by atoms with van der Waals surface area (Å²) in [5.41, 5.74) is -0.219. The number of benzene rings is 3. The van der Waals surface area contributed by atoms with Gasteiger partial charge >= 0.3 is 5.97 Å². The molecule has 0 saturated carbocycles. The summed E-state index contributed by atoms with van der Waals surface area (Å²) in [6.07, 6.45) is 0. The Balaban J connectivity index is 1.74. The van der Waals surface area contributed by atoms with Gasteiger partial charge in [-0.3, -0.25) is 0 Å². The van der Waals surface area contributed by atoms with E-state index in [0.29, 0.717) is 11.3 Å². The topological polar surface area (TPSA) is 57.9 Å². The first-order valence-corrected chi connectivity index (χ1v) is 10.3. The molecule has 182 valence electrons. The van der Waals surface area contributed by atoms with Gasteiger partial charge in [-0.2, -0.15) is 0 Å². The zero-order valence-electron chi connectivity index (χ0n) is 18.4. The number of methoxy groups -OCH3 is 1. The summed E-state index contributed by atoms with van der Waals surface area (Å²) in [6, 6.07) is 10.9. The predicted molar refractivity (Wildman–Crippen MR) is 115 cm³/mol. The highest BCUT2D eigenvalue weighted by molar-refractivity contribution is 6.09. The van der Waals surface area contributed by atoms with E-state index in [4.69, 9.17) is 18.6 Å². The number of hydrogen-bond acceptors (Lipinski definition) is 5. The number of furan rings is 1. The lowest BCUT2D eigenvalue weighted by atomic mass is 10.1. The van der Waals surface area contributed by atoms with Gasteiger partial charge in [0.1, 0.15) is 35.0 Å². The minimum atomic E-state index is -2.26. The van der Waals surface area contributed by atoms with Gasteiger partial charge in [0.25, 0.3) is 0 Å². The lowest BCUT2D eigenvalue weighted by Gasteiger charge is -2.10. The lowest BCUT2D eigenvalue weighted by molar-refractivity contribution is 0.0528. The molecule has 0 radical (unpaired) electrons. The zero-order valence-corrected chi connectivity index (χ0v) is 18.4. The molecule has 0 unspecified atom stereocenters. The standard InChI is InChI=1S/C25H17F5O5/c1-3-33-25(31)18-15-10-14(34-11-16-19(26)21(28)23(30)22(29)20(16)27)8-9-17(15)35-24(18)12-4-6-13(32-2)7-5-12/h4-10H,3,11H2,1-2H3. The third kappa shape index (κ3) is 4.39. The Kier molecular flexibility index (Phi) is 6.63. The van der Waals surface area contributed by atoms with Crippen LogP contribution in [-0.2, 0) is 11.3 Å². The summed E-state index contributed by atoms with van der Waals surface area (Å²) < 4.78 is 89.6. The van der Waals surface area contributed by atoms with Crippen molar-refractivity contribution in [3.63, 3.8) is 0 Å². The summed E-state index contributed by atoms with van der Waals surface area (Å²) in [7, 11) is 1.51. The van der Waals surface area contributed by atoms with Crippen molar-refractivity contribution in [1.82, 2.24) is 0 Å². The minimum absolute atomic E-state index is 0.00549. The van der Waals surface area contributed by atoms with Crippen molar-refractivity contribution in [3.05, 3.63) is 82.7 Å². The Labute approximate surface area is 195 Å². The molecule has 5 nitrogen and oxygen atoms in total. The predicted octanol–water partition coefficient (Wildman–Crippen LogP) is 6.56. The number of carbonyl (C=O) groups excluding carboxylic acids is 1. The van der Waals surface area contributed by atoms with E-state index in [-0.39, 0.29) is 34.6 Å². The van der Waals surface area contributed by atoms with Crippen LogP contribution in [0.4, 0.5) is 22.0 Å². The molecule has 1 heterocycles. The monoisotopic (exact) mass is 492 g/mol. The van der Waals surface area contributed by atoms with Crippen molar-refractivity contribution in [2.24, 2.45) is 0 Å². The zero-order chi connectivity index (χ0) is 25.3. The fourth-order valence-electron chi connectivity index (χ4n) is 3.45. The van der Waals surface area contributed by atoms with E-state index in [0.717, 1.165) is 0 Å². The van der Waals surface area contributed by atoms with Crippen LogP contribution in [0, 0.1) is 29.1 Å². The first kappa shape index (κ1) is 24.1. The fraction of sp³-hybridized carbons (Fsp3) is 0.160. The molecule has 0 saturated heterocycles. The Morgan fingerprint density at radius 1 is 0.857 bits per heavy atom.